The average molecular weight is 387 g/mol. The van der Waals surface area contributed by atoms with Crippen molar-refractivity contribution < 1.29 is 18.8 Å². The molecule has 0 radical (unpaired) electrons. The first-order chi connectivity index (χ1) is 13.6. The number of anilines is 1. The Morgan fingerprint density at radius 3 is 2.89 bits per heavy atom. The first-order valence-corrected chi connectivity index (χ1v) is 9.40. The molecule has 2 atom stereocenters. The normalized spacial score (nSPS) is 21.9. The molecule has 2 aromatic carbocycles. The van der Waals surface area contributed by atoms with Crippen molar-refractivity contribution in [3.05, 3.63) is 58.4 Å². The molecule has 1 N–H and O–H groups in total. The maximum atomic E-state index is 13.6. The van der Waals surface area contributed by atoms with E-state index in [4.69, 9.17) is 9.47 Å². The average Bonchev–Trinajstić information content (AvgIpc) is 2.68. The number of para-hydroxylation sites is 2. The molecule has 8 heteroatoms. The van der Waals surface area contributed by atoms with Gasteiger partial charge in [0.15, 0.2) is 11.5 Å². The maximum absolute atomic E-state index is 13.6. The fourth-order valence-corrected chi connectivity index (χ4v) is 3.78. The van der Waals surface area contributed by atoms with E-state index in [2.05, 4.69) is 10.2 Å². The lowest BCUT2D eigenvalue weighted by Gasteiger charge is -2.36. The maximum Gasteiger partial charge on any atom is 0.292 e. The van der Waals surface area contributed by atoms with Gasteiger partial charge in [-0.15, -0.1) is 0 Å². The van der Waals surface area contributed by atoms with Crippen molar-refractivity contribution >= 4 is 11.4 Å². The summed E-state index contributed by atoms with van der Waals surface area (Å²) in [4.78, 5) is 13.0. The molecular weight excluding hydrogens is 365 g/mol. The molecule has 0 bridgehead atoms. The monoisotopic (exact) mass is 387 g/mol. The Labute approximate surface area is 162 Å². The Morgan fingerprint density at radius 2 is 2.07 bits per heavy atom. The number of halogens is 1. The quantitative estimate of drug-likeness (QED) is 0.626. The van der Waals surface area contributed by atoms with Gasteiger partial charge in [0.1, 0.15) is 24.2 Å². The fraction of sp³-hybridized carbons (Fsp3) is 0.400. The summed E-state index contributed by atoms with van der Waals surface area (Å²) in [6.07, 6.45) is 1.75. The van der Waals surface area contributed by atoms with Crippen LogP contribution in [0.5, 0.6) is 11.5 Å². The summed E-state index contributed by atoms with van der Waals surface area (Å²) >= 11 is 0. The highest BCUT2D eigenvalue weighted by atomic mass is 19.1. The van der Waals surface area contributed by atoms with Gasteiger partial charge in [-0.1, -0.05) is 12.1 Å². The number of rotatable bonds is 5. The van der Waals surface area contributed by atoms with E-state index in [0.29, 0.717) is 19.7 Å². The highest BCUT2D eigenvalue weighted by Crippen LogP contribution is 2.31. The van der Waals surface area contributed by atoms with E-state index in [-0.39, 0.29) is 23.5 Å². The van der Waals surface area contributed by atoms with E-state index in [1.807, 2.05) is 24.3 Å². The van der Waals surface area contributed by atoms with Crippen LogP contribution in [0.2, 0.25) is 0 Å². The Balaban J connectivity index is 1.38. The predicted octanol–water partition coefficient (Wildman–Crippen LogP) is 3.45. The van der Waals surface area contributed by atoms with E-state index in [1.165, 1.54) is 12.1 Å². The molecule has 1 fully saturated rings. The summed E-state index contributed by atoms with van der Waals surface area (Å²) in [5.74, 6) is 1.02. The summed E-state index contributed by atoms with van der Waals surface area (Å²) in [6.45, 7) is 2.82. The van der Waals surface area contributed by atoms with Crippen molar-refractivity contribution in [1.82, 2.24) is 4.90 Å². The minimum absolute atomic E-state index is 0.00560. The Morgan fingerprint density at radius 1 is 1.25 bits per heavy atom. The third-order valence-electron chi connectivity index (χ3n) is 5.05. The molecule has 2 aromatic rings. The lowest BCUT2D eigenvalue weighted by atomic mass is 10.0. The zero-order chi connectivity index (χ0) is 19.5. The molecule has 2 aliphatic heterocycles. The number of likely N-dealkylation sites (tertiary alicyclic amines) is 1. The molecule has 28 heavy (non-hydrogen) atoms. The van der Waals surface area contributed by atoms with Crippen LogP contribution in [0.25, 0.3) is 0 Å². The van der Waals surface area contributed by atoms with Gasteiger partial charge < -0.3 is 14.8 Å². The summed E-state index contributed by atoms with van der Waals surface area (Å²) in [6, 6.07) is 11.1. The number of hydrogen-bond acceptors (Lipinski definition) is 6. The van der Waals surface area contributed by atoms with Crippen molar-refractivity contribution in [2.24, 2.45) is 0 Å². The van der Waals surface area contributed by atoms with Crippen molar-refractivity contribution in [3.63, 3.8) is 0 Å². The van der Waals surface area contributed by atoms with Crippen LogP contribution in [-0.2, 0) is 0 Å². The van der Waals surface area contributed by atoms with Gasteiger partial charge in [-0.05, 0) is 37.6 Å². The highest BCUT2D eigenvalue weighted by molar-refractivity contribution is 5.62. The minimum atomic E-state index is -0.493. The molecule has 0 aliphatic carbocycles. The van der Waals surface area contributed by atoms with Gasteiger partial charge in [-0.3, -0.25) is 15.0 Å². The Kier molecular flexibility index (Phi) is 5.29. The van der Waals surface area contributed by atoms with Crippen molar-refractivity contribution in [2.45, 2.75) is 25.0 Å². The lowest BCUT2D eigenvalue weighted by molar-refractivity contribution is -0.384. The predicted molar refractivity (Wildman–Crippen MR) is 102 cm³/mol. The van der Waals surface area contributed by atoms with E-state index in [1.54, 1.807) is 0 Å². The highest BCUT2D eigenvalue weighted by Gasteiger charge is 2.27. The molecule has 4 rings (SSSR count). The Hall–Kier alpha value is -2.87. The topological polar surface area (TPSA) is 76.9 Å². The van der Waals surface area contributed by atoms with E-state index in [0.717, 1.165) is 37.0 Å². The second-order valence-electron chi connectivity index (χ2n) is 7.16. The van der Waals surface area contributed by atoms with Crippen LogP contribution in [-0.4, -0.2) is 48.2 Å². The van der Waals surface area contributed by atoms with Crippen LogP contribution in [0.4, 0.5) is 15.8 Å². The molecule has 2 heterocycles. The van der Waals surface area contributed by atoms with Gasteiger partial charge in [0.05, 0.1) is 4.92 Å². The smallest absolute Gasteiger partial charge is 0.292 e. The number of fused-ring (bicyclic) bond motifs is 1. The minimum Gasteiger partial charge on any atom is -0.486 e. The second kappa shape index (κ2) is 8.02. The van der Waals surface area contributed by atoms with Gasteiger partial charge in [0.25, 0.3) is 5.69 Å². The molecule has 0 amide bonds. The van der Waals surface area contributed by atoms with Gasteiger partial charge in [-0.25, -0.2) is 4.39 Å². The molecule has 2 aliphatic rings. The van der Waals surface area contributed by atoms with E-state index in [9.17, 15) is 14.5 Å². The third kappa shape index (κ3) is 4.17. The second-order valence-corrected chi connectivity index (χ2v) is 7.16. The molecule has 0 aromatic heterocycles. The standard InChI is InChI=1S/C20H22FN3O4/c21-14-7-8-18(24(25)26)17(10-14)22-15-4-3-9-23(11-15)12-16-13-27-19-5-1-2-6-20(19)28-16/h1-2,5-8,10,15-16,22H,3-4,9,11-13H2. The van der Waals surface area contributed by atoms with Gasteiger partial charge >= 0.3 is 0 Å². The molecule has 7 nitrogen and oxygen atoms in total. The van der Waals surface area contributed by atoms with Gasteiger partial charge in [-0.2, -0.15) is 0 Å². The number of piperidine rings is 1. The first-order valence-electron chi connectivity index (χ1n) is 9.40. The van der Waals surface area contributed by atoms with Crippen LogP contribution in [0.1, 0.15) is 12.8 Å². The van der Waals surface area contributed by atoms with Crippen LogP contribution < -0.4 is 14.8 Å². The molecule has 148 valence electrons. The van der Waals surface area contributed by atoms with E-state index >= 15 is 0 Å². The van der Waals surface area contributed by atoms with Crippen molar-refractivity contribution in [3.8, 4) is 11.5 Å². The molecule has 1 saturated heterocycles. The number of nitro groups is 1. The van der Waals surface area contributed by atoms with Crippen LogP contribution >= 0.6 is 0 Å². The van der Waals surface area contributed by atoms with Crippen LogP contribution in [0.3, 0.4) is 0 Å². The lowest BCUT2D eigenvalue weighted by Crippen LogP contribution is -2.48. The summed E-state index contributed by atoms with van der Waals surface area (Å²) in [5, 5.41) is 14.4. The number of hydrogen-bond donors (Lipinski definition) is 1. The first kappa shape index (κ1) is 18.5. The molecule has 2 unspecified atom stereocenters. The van der Waals surface area contributed by atoms with E-state index < -0.39 is 10.7 Å². The van der Waals surface area contributed by atoms with Gasteiger partial charge in [0, 0.05) is 31.3 Å². The SMILES string of the molecule is O=[N+]([O-])c1ccc(F)cc1NC1CCCN(CC2COc3ccccc3O2)C1. The number of nitro benzene ring substituents is 1. The van der Waals surface area contributed by atoms with Crippen molar-refractivity contribution in [1.29, 1.82) is 0 Å². The number of ether oxygens (including phenoxy) is 2. The number of nitrogens with zero attached hydrogens (tertiary/aromatic N) is 2. The molecule has 0 saturated carbocycles. The van der Waals surface area contributed by atoms with Gasteiger partial charge in [0.2, 0.25) is 0 Å². The van der Waals surface area contributed by atoms with Crippen molar-refractivity contribution in [2.75, 3.05) is 31.6 Å². The molecule has 0 spiro atoms. The summed E-state index contributed by atoms with van der Waals surface area (Å²) in [7, 11) is 0. The zero-order valence-electron chi connectivity index (χ0n) is 15.3. The fourth-order valence-electron chi connectivity index (χ4n) is 3.78. The largest absolute Gasteiger partial charge is 0.486 e. The number of nitrogens with one attached hydrogen (secondary N) is 1. The van der Waals surface area contributed by atoms with Crippen LogP contribution in [0, 0.1) is 15.9 Å². The summed E-state index contributed by atoms with van der Waals surface area (Å²) in [5.41, 5.74) is 0.113. The summed E-state index contributed by atoms with van der Waals surface area (Å²) < 4.78 is 25.4. The third-order valence-corrected chi connectivity index (χ3v) is 5.05. The number of benzene rings is 2. The Bertz CT molecular complexity index is 863. The zero-order valence-corrected chi connectivity index (χ0v) is 15.3. The molecular formula is C20H22FN3O4. The van der Waals surface area contributed by atoms with Crippen LogP contribution in [0.15, 0.2) is 42.5 Å².